The van der Waals surface area contributed by atoms with Crippen LogP contribution in [0.4, 0.5) is 4.79 Å². The number of carboxylic acid groups (broad SMARTS) is 1. The predicted molar refractivity (Wildman–Crippen MR) is 81.1 cm³/mol. The normalized spacial score (nSPS) is 26.8. The van der Waals surface area contributed by atoms with Gasteiger partial charge in [0.25, 0.3) is 0 Å². The Morgan fingerprint density at radius 2 is 1.95 bits per heavy atom. The van der Waals surface area contributed by atoms with Crippen molar-refractivity contribution < 1.29 is 14.7 Å². The van der Waals surface area contributed by atoms with Gasteiger partial charge in [-0.05, 0) is 38.5 Å². The van der Waals surface area contributed by atoms with Crippen molar-refractivity contribution in [2.75, 3.05) is 13.1 Å². The summed E-state index contributed by atoms with van der Waals surface area (Å²) in [6.07, 6.45) is 8.84. The summed E-state index contributed by atoms with van der Waals surface area (Å²) in [5.74, 6) is -0.169. The Labute approximate surface area is 127 Å². The Morgan fingerprint density at radius 3 is 2.57 bits per heavy atom. The van der Waals surface area contributed by atoms with Gasteiger partial charge in [-0.15, -0.1) is 0 Å². The van der Waals surface area contributed by atoms with Gasteiger partial charge in [-0.1, -0.05) is 25.7 Å². The number of urea groups is 1. The van der Waals surface area contributed by atoms with Gasteiger partial charge in [-0.25, -0.2) is 4.79 Å². The SMILES string of the molecule is CC1CC(C(=O)O)CCN1C(=O)NCCCC1CCCC1. The molecule has 1 aliphatic heterocycles. The van der Waals surface area contributed by atoms with Gasteiger partial charge in [0.1, 0.15) is 0 Å². The number of aliphatic carboxylic acids is 1. The van der Waals surface area contributed by atoms with Crippen LogP contribution in [-0.2, 0) is 4.79 Å². The van der Waals surface area contributed by atoms with Gasteiger partial charge in [0.15, 0.2) is 0 Å². The molecule has 120 valence electrons. The summed E-state index contributed by atoms with van der Waals surface area (Å²) in [5, 5.41) is 12.0. The van der Waals surface area contributed by atoms with Gasteiger partial charge < -0.3 is 15.3 Å². The zero-order valence-corrected chi connectivity index (χ0v) is 13.0. The molecule has 2 aliphatic rings. The Balaban J connectivity index is 1.65. The van der Waals surface area contributed by atoms with E-state index in [4.69, 9.17) is 5.11 Å². The number of hydrogen-bond acceptors (Lipinski definition) is 2. The van der Waals surface area contributed by atoms with Crippen LogP contribution in [0.2, 0.25) is 0 Å². The first-order chi connectivity index (χ1) is 10.1. The van der Waals surface area contributed by atoms with Crippen molar-refractivity contribution in [1.29, 1.82) is 0 Å². The molecule has 2 atom stereocenters. The largest absolute Gasteiger partial charge is 0.481 e. The molecular formula is C16H28N2O3. The lowest BCUT2D eigenvalue weighted by molar-refractivity contribution is -0.143. The summed E-state index contributed by atoms with van der Waals surface area (Å²) < 4.78 is 0. The number of hydrogen-bond donors (Lipinski definition) is 2. The number of rotatable bonds is 5. The van der Waals surface area contributed by atoms with Crippen LogP contribution in [-0.4, -0.2) is 41.1 Å². The molecule has 0 aromatic heterocycles. The summed E-state index contributed by atoms with van der Waals surface area (Å²) in [6.45, 7) is 3.22. The Hall–Kier alpha value is -1.26. The molecule has 0 spiro atoms. The highest BCUT2D eigenvalue weighted by Crippen LogP contribution is 2.28. The smallest absolute Gasteiger partial charge is 0.317 e. The van der Waals surface area contributed by atoms with E-state index in [2.05, 4.69) is 5.32 Å². The topological polar surface area (TPSA) is 69.6 Å². The third-order valence-corrected chi connectivity index (χ3v) is 5.03. The number of nitrogens with zero attached hydrogens (tertiary/aromatic N) is 1. The number of piperidine rings is 1. The zero-order chi connectivity index (χ0) is 15.2. The quantitative estimate of drug-likeness (QED) is 0.766. The summed E-state index contributed by atoms with van der Waals surface area (Å²) >= 11 is 0. The summed E-state index contributed by atoms with van der Waals surface area (Å²) in [6, 6.07) is -0.0209. The van der Waals surface area contributed by atoms with Gasteiger partial charge in [-0.2, -0.15) is 0 Å². The molecule has 2 amide bonds. The van der Waals surface area contributed by atoms with Crippen molar-refractivity contribution in [3.8, 4) is 0 Å². The monoisotopic (exact) mass is 296 g/mol. The Morgan fingerprint density at radius 1 is 1.24 bits per heavy atom. The maximum absolute atomic E-state index is 12.1. The van der Waals surface area contributed by atoms with E-state index in [0.717, 1.165) is 18.9 Å². The molecule has 21 heavy (non-hydrogen) atoms. The third-order valence-electron chi connectivity index (χ3n) is 5.03. The van der Waals surface area contributed by atoms with E-state index >= 15 is 0 Å². The number of nitrogens with one attached hydrogen (secondary N) is 1. The van der Waals surface area contributed by atoms with Crippen LogP contribution >= 0.6 is 0 Å². The number of likely N-dealkylation sites (tertiary alicyclic amines) is 1. The van der Waals surface area contributed by atoms with Crippen LogP contribution in [0.25, 0.3) is 0 Å². The minimum atomic E-state index is -0.738. The predicted octanol–water partition coefficient (Wildman–Crippen LogP) is 2.85. The second-order valence-corrected chi connectivity index (χ2v) is 6.63. The molecule has 2 rings (SSSR count). The van der Waals surface area contributed by atoms with Gasteiger partial charge in [-0.3, -0.25) is 4.79 Å². The molecule has 1 saturated heterocycles. The lowest BCUT2D eigenvalue weighted by Crippen LogP contribution is -2.50. The fraction of sp³-hybridized carbons (Fsp3) is 0.875. The molecule has 0 aromatic carbocycles. The van der Waals surface area contributed by atoms with Crippen molar-refractivity contribution in [3.05, 3.63) is 0 Å². The first-order valence-electron chi connectivity index (χ1n) is 8.35. The van der Waals surface area contributed by atoms with E-state index in [0.29, 0.717) is 19.4 Å². The molecular weight excluding hydrogens is 268 g/mol. The molecule has 1 aliphatic carbocycles. The minimum absolute atomic E-state index is 0.00896. The van der Waals surface area contributed by atoms with Crippen molar-refractivity contribution >= 4 is 12.0 Å². The van der Waals surface area contributed by atoms with Crippen LogP contribution in [0.1, 0.15) is 58.3 Å². The van der Waals surface area contributed by atoms with Crippen LogP contribution < -0.4 is 5.32 Å². The number of amides is 2. The lowest BCUT2D eigenvalue weighted by atomic mass is 9.92. The second kappa shape index (κ2) is 7.66. The minimum Gasteiger partial charge on any atom is -0.481 e. The van der Waals surface area contributed by atoms with Crippen molar-refractivity contribution in [3.63, 3.8) is 0 Å². The zero-order valence-electron chi connectivity index (χ0n) is 13.0. The molecule has 5 heteroatoms. The standard InChI is InChI=1S/C16H28N2O3/c1-12-11-14(15(19)20)8-10-18(12)16(21)17-9-4-7-13-5-2-3-6-13/h12-14H,2-11H2,1H3,(H,17,21)(H,19,20). The van der Waals surface area contributed by atoms with Crippen LogP contribution in [0.3, 0.4) is 0 Å². The van der Waals surface area contributed by atoms with E-state index in [1.807, 2.05) is 6.92 Å². The average molecular weight is 296 g/mol. The molecule has 0 radical (unpaired) electrons. The molecule has 1 saturated carbocycles. The third kappa shape index (κ3) is 4.61. The van der Waals surface area contributed by atoms with Gasteiger partial charge >= 0.3 is 12.0 Å². The van der Waals surface area contributed by atoms with Crippen molar-refractivity contribution in [2.24, 2.45) is 11.8 Å². The van der Waals surface area contributed by atoms with E-state index in [1.165, 1.54) is 32.1 Å². The first kappa shape index (κ1) is 16.1. The number of carbonyl (C=O) groups is 2. The molecule has 0 bridgehead atoms. The van der Waals surface area contributed by atoms with Gasteiger partial charge in [0.05, 0.1) is 5.92 Å². The summed E-state index contributed by atoms with van der Waals surface area (Å²) in [4.78, 5) is 24.9. The number of carboxylic acids is 1. The van der Waals surface area contributed by atoms with E-state index in [9.17, 15) is 9.59 Å². The van der Waals surface area contributed by atoms with Crippen LogP contribution in [0, 0.1) is 11.8 Å². The highest BCUT2D eigenvalue weighted by molar-refractivity contribution is 5.75. The lowest BCUT2D eigenvalue weighted by Gasteiger charge is -2.36. The molecule has 0 aromatic rings. The van der Waals surface area contributed by atoms with Crippen molar-refractivity contribution in [2.45, 2.75) is 64.3 Å². The molecule has 2 fully saturated rings. The van der Waals surface area contributed by atoms with Crippen LogP contribution in [0.15, 0.2) is 0 Å². The Kier molecular flexibility index (Phi) is 5.88. The number of carbonyl (C=O) groups excluding carboxylic acids is 1. The van der Waals surface area contributed by atoms with Crippen LogP contribution in [0.5, 0.6) is 0 Å². The molecule has 2 N–H and O–H groups in total. The highest BCUT2D eigenvalue weighted by Gasteiger charge is 2.32. The van der Waals surface area contributed by atoms with Gasteiger partial charge in [0.2, 0.25) is 0 Å². The Bertz CT molecular complexity index is 367. The molecule has 5 nitrogen and oxygen atoms in total. The molecule has 1 heterocycles. The first-order valence-corrected chi connectivity index (χ1v) is 8.35. The molecule has 2 unspecified atom stereocenters. The maximum atomic E-state index is 12.1. The van der Waals surface area contributed by atoms with Crippen molar-refractivity contribution in [1.82, 2.24) is 10.2 Å². The average Bonchev–Trinajstić information content (AvgIpc) is 2.96. The van der Waals surface area contributed by atoms with E-state index in [1.54, 1.807) is 4.90 Å². The van der Waals surface area contributed by atoms with Gasteiger partial charge in [0, 0.05) is 19.1 Å². The second-order valence-electron chi connectivity index (χ2n) is 6.63. The van der Waals surface area contributed by atoms with E-state index < -0.39 is 5.97 Å². The van der Waals surface area contributed by atoms with E-state index in [-0.39, 0.29) is 18.0 Å². The fourth-order valence-electron chi connectivity index (χ4n) is 3.68. The maximum Gasteiger partial charge on any atom is 0.317 e. The summed E-state index contributed by atoms with van der Waals surface area (Å²) in [7, 11) is 0. The fourth-order valence-corrected chi connectivity index (χ4v) is 3.68. The highest BCUT2D eigenvalue weighted by atomic mass is 16.4. The summed E-state index contributed by atoms with van der Waals surface area (Å²) in [5.41, 5.74) is 0.